The Kier molecular flexibility index (Phi) is 6.58. The van der Waals surface area contributed by atoms with Crippen LogP contribution in [0.25, 0.3) is 0 Å². The summed E-state index contributed by atoms with van der Waals surface area (Å²) in [5.41, 5.74) is 1.17. The minimum absolute atomic E-state index is 0.776. The molecule has 0 aliphatic carbocycles. The molecule has 0 saturated carbocycles. The lowest BCUT2D eigenvalue weighted by Crippen LogP contribution is -1.90. The molecule has 0 N–H and O–H groups in total. The highest BCUT2D eigenvalue weighted by molar-refractivity contribution is 5.42. The molecule has 0 atom stereocenters. The van der Waals surface area contributed by atoms with Crippen LogP contribution in [0.3, 0.4) is 0 Å². The molecule has 80 valence electrons. The van der Waals surface area contributed by atoms with Gasteiger partial charge in [0.2, 0.25) is 0 Å². The van der Waals surface area contributed by atoms with Crippen LogP contribution in [0.5, 0.6) is 11.5 Å². The van der Waals surface area contributed by atoms with E-state index >= 15 is 0 Å². The highest BCUT2D eigenvalue weighted by Gasteiger charge is 2.00. The van der Waals surface area contributed by atoms with Gasteiger partial charge in [-0.25, -0.2) is 0 Å². The Morgan fingerprint density at radius 1 is 0.857 bits per heavy atom. The average Bonchev–Trinajstić information content (AvgIpc) is 2.19. The second kappa shape index (κ2) is 7.21. The fourth-order valence-corrected chi connectivity index (χ4v) is 0.943. The fraction of sp³-hybridized carbons (Fsp3) is 0.455. The molecule has 0 radical (unpaired) electrons. The number of aryl methyl sites for hydroxylation is 1. The predicted molar refractivity (Wildman–Crippen MR) is 57.2 cm³/mol. The van der Waals surface area contributed by atoms with Crippen molar-refractivity contribution < 1.29 is 14.2 Å². The summed E-state index contributed by atoms with van der Waals surface area (Å²) in [6.45, 7) is 2.02. The van der Waals surface area contributed by atoms with Gasteiger partial charge in [-0.05, 0) is 24.6 Å². The minimum atomic E-state index is 0.776. The maximum Gasteiger partial charge on any atom is 0.160 e. The summed E-state index contributed by atoms with van der Waals surface area (Å²) in [5.74, 6) is 1.56. The summed E-state index contributed by atoms with van der Waals surface area (Å²) < 4.78 is 14.4. The average molecular weight is 198 g/mol. The lowest BCUT2D eigenvalue weighted by atomic mass is 10.2. The zero-order valence-corrected chi connectivity index (χ0v) is 9.46. The van der Waals surface area contributed by atoms with Gasteiger partial charge in [0.1, 0.15) is 0 Å². The van der Waals surface area contributed by atoms with Crippen LogP contribution < -0.4 is 9.47 Å². The molecule has 0 amide bonds. The molecule has 0 bridgehead atoms. The number of benzene rings is 1. The van der Waals surface area contributed by atoms with Gasteiger partial charge in [0.15, 0.2) is 11.5 Å². The van der Waals surface area contributed by atoms with E-state index in [4.69, 9.17) is 9.47 Å². The van der Waals surface area contributed by atoms with Crippen molar-refractivity contribution in [2.45, 2.75) is 6.92 Å². The molecule has 0 aromatic heterocycles. The molecular formula is C11H18O3. The Labute approximate surface area is 85.6 Å². The Morgan fingerprint density at radius 3 is 1.79 bits per heavy atom. The van der Waals surface area contributed by atoms with Crippen LogP contribution in [0.2, 0.25) is 0 Å². The maximum atomic E-state index is 5.09. The normalized spacial score (nSPS) is 8.64. The Bertz CT molecular complexity index is 259. The highest BCUT2D eigenvalue weighted by Crippen LogP contribution is 2.26. The highest BCUT2D eigenvalue weighted by atomic mass is 16.5. The summed E-state index contributed by atoms with van der Waals surface area (Å²) in [6, 6.07) is 5.83. The Morgan fingerprint density at radius 2 is 1.36 bits per heavy atom. The summed E-state index contributed by atoms with van der Waals surface area (Å²) in [7, 11) is 6.52. The molecule has 3 heteroatoms. The first kappa shape index (κ1) is 12.8. The molecule has 0 aliphatic heterocycles. The van der Waals surface area contributed by atoms with E-state index in [0.717, 1.165) is 11.5 Å². The van der Waals surface area contributed by atoms with Gasteiger partial charge in [0.05, 0.1) is 14.2 Å². The van der Waals surface area contributed by atoms with Crippen molar-refractivity contribution >= 4 is 0 Å². The van der Waals surface area contributed by atoms with E-state index in [1.54, 1.807) is 28.4 Å². The number of methoxy groups -OCH3 is 3. The smallest absolute Gasteiger partial charge is 0.160 e. The van der Waals surface area contributed by atoms with Crippen LogP contribution in [0.1, 0.15) is 5.56 Å². The van der Waals surface area contributed by atoms with Gasteiger partial charge in [0, 0.05) is 14.2 Å². The fourth-order valence-electron chi connectivity index (χ4n) is 0.943. The van der Waals surface area contributed by atoms with Crippen LogP contribution >= 0.6 is 0 Å². The van der Waals surface area contributed by atoms with E-state index in [1.807, 2.05) is 25.1 Å². The number of hydrogen-bond acceptors (Lipinski definition) is 3. The van der Waals surface area contributed by atoms with Crippen molar-refractivity contribution in [2.75, 3.05) is 28.4 Å². The van der Waals surface area contributed by atoms with Gasteiger partial charge in [-0.3, -0.25) is 0 Å². The van der Waals surface area contributed by atoms with Gasteiger partial charge in [0.25, 0.3) is 0 Å². The van der Waals surface area contributed by atoms with Crippen LogP contribution in [-0.4, -0.2) is 28.4 Å². The molecule has 0 spiro atoms. The van der Waals surface area contributed by atoms with Crippen molar-refractivity contribution in [1.29, 1.82) is 0 Å². The largest absolute Gasteiger partial charge is 0.493 e. The third kappa shape index (κ3) is 4.14. The lowest BCUT2D eigenvalue weighted by molar-refractivity contribution is 0.277. The van der Waals surface area contributed by atoms with E-state index in [0.29, 0.717) is 0 Å². The molecule has 0 unspecified atom stereocenters. The molecule has 1 aromatic rings. The third-order valence-electron chi connectivity index (χ3n) is 1.54. The van der Waals surface area contributed by atoms with Gasteiger partial charge in [-0.15, -0.1) is 0 Å². The molecule has 0 aliphatic rings. The minimum Gasteiger partial charge on any atom is -0.493 e. The number of hydrogen-bond donors (Lipinski definition) is 0. The topological polar surface area (TPSA) is 27.7 Å². The van der Waals surface area contributed by atoms with Crippen LogP contribution in [0.4, 0.5) is 0 Å². The van der Waals surface area contributed by atoms with Crippen molar-refractivity contribution in [3.63, 3.8) is 0 Å². The first-order valence-corrected chi connectivity index (χ1v) is 4.28. The van der Waals surface area contributed by atoms with Crippen LogP contribution in [-0.2, 0) is 4.74 Å². The van der Waals surface area contributed by atoms with Crippen molar-refractivity contribution in [1.82, 2.24) is 0 Å². The summed E-state index contributed by atoms with van der Waals surface area (Å²) in [5, 5.41) is 0. The third-order valence-corrected chi connectivity index (χ3v) is 1.54. The first-order valence-electron chi connectivity index (χ1n) is 4.28. The van der Waals surface area contributed by atoms with E-state index in [1.165, 1.54) is 5.56 Å². The van der Waals surface area contributed by atoms with Gasteiger partial charge in [-0.1, -0.05) is 6.07 Å². The maximum absolute atomic E-state index is 5.09. The quantitative estimate of drug-likeness (QED) is 0.729. The zero-order chi connectivity index (χ0) is 11.0. The van der Waals surface area contributed by atoms with E-state index in [-0.39, 0.29) is 0 Å². The van der Waals surface area contributed by atoms with E-state index in [2.05, 4.69) is 4.74 Å². The second-order valence-corrected chi connectivity index (χ2v) is 2.77. The van der Waals surface area contributed by atoms with Gasteiger partial charge >= 0.3 is 0 Å². The monoisotopic (exact) mass is 198 g/mol. The van der Waals surface area contributed by atoms with Crippen LogP contribution in [0.15, 0.2) is 18.2 Å². The van der Waals surface area contributed by atoms with Crippen LogP contribution in [0, 0.1) is 6.92 Å². The van der Waals surface area contributed by atoms with Gasteiger partial charge < -0.3 is 14.2 Å². The number of rotatable bonds is 2. The first-order chi connectivity index (χ1) is 6.69. The van der Waals surface area contributed by atoms with Gasteiger partial charge in [-0.2, -0.15) is 0 Å². The second-order valence-electron chi connectivity index (χ2n) is 2.77. The molecule has 0 heterocycles. The number of ether oxygens (including phenoxy) is 3. The summed E-state index contributed by atoms with van der Waals surface area (Å²) in [6.07, 6.45) is 0. The molecular weight excluding hydrogens is 180 g/mol. The molecule has 0 fully saturated rings. The molecule has 14 heavy (non-hydrogen) atoms. The molecule has 1 rings (SSSR count). The van der Waals surface area contributed by atoms with E-state index in [9.17, 15) is 0 Å². The summed E-state index contributed by atoms with van der Waals surface area (Å²) in [4.78, 5) is 0. The summed E-state index contributed by atoms with van der Waals surface area (Å²) >= 11 is 0. The Balaban J connectivity index is 0.000000500. The predicted octanol–water partition coefficient (Wildman–Crippen LogP) is 2.27. The standard InChI is InChI=1S/C9H12O2.C2H6O/c1-7-4-5-8(10-2)9(6-7)11-3;1-3-2/h4-6H,1-3H3;1-2H3. The zero-order valence-electron chi connectivity index (χ0n) is 9.46. The van der Waals surface area contributed by atoms with Crippen molar-refractivity contribution in [3.8, 4) is 11.5 Å². The molecule has 3 nitrogen and oxygen atoms in total. The SMILES string of the molecule is COC.COc1ccc(C)cc1OC. The molecule has 1 aromatic carbocycles. The van der Waals surface area contributed by atoms with Crippen molar-refractivity contribution in [2.24, 2.45) is 0 Å². The van der Waals surface area contributed by atoms with Crippen molar-refractivity contribution in [3.05, 3.63) is 23.8 Å². The molecule has 0 saturated heterocycles. The van der Waals surface area contributed by atoms with E-state index < -0.39 is 0 Å². The lowest BCUT2D eigenvalue weighted by Gasteiger charge is -2.06. The Hall–Kier alpha value is -1.22.